The van der Waals surface area contributed by atoms with Crippen molar-refractivity contribution in [2.24, 2.45) is 5.73 Å². The number of hydrogen-bond acceptors (Lipinski definition) is 3. The van der Waals surface area contributed by atoms with Gasteiger partial charge in [-0.1, -0.05) is 13.3 Å². The highest BCUT2D eigenvalue weighted by Gasteiger charge is 2.00. The monoisotopic (exact) mass is 238 g/mol. The number of unbranched alkanes of at least 4 members (excludes halogenated alkanes) is 1. The summed E-state index contributed by atoms with van der Waals surface area (Å²) in [5, 5.41) is 0. The minimum atomic E-state index is -0.716. The topological polar surface area (TPSA) is 55.6 Å². The normalized spacial score (nSPS) is 10.2. The molecule has 72 valence electrons. The highest BCUT2D eigenvalue weighted by Crippen LogP contribution is 2.00. The van der Waals surface area contributed by atoms with Crippen LogP contribution in [0.4, 0.5) is 4.79 Å². The van der Waals surface area contributed by atoms with Crippen LogP contribution in [0.1, 0.15) is 19.8 Å². The van der Waals surface area contributed by atoms with Crippen LogP contribution in [-0.2, 0) is 4.74 Å². The van der Waals surface area contributed by atoms with Crippen LogP contribution in [0.25, 0.3) is 0 Å². The molecule has 0 saturated heterocycles. The van der Waals surface area contributed by atoms with E-state index in [1.54, 1.807) is 0 Å². The fourth-order valence-corrected chi connectivity index (χ4v) is 1.08. The molecule has 5 heteroatoms. The molecule has 2 N–H and O–H groups in total. The number of carbonyl (C=O) groups is 1. The molecule has 0 heterocycles. The van der Waals surface area contributed by atoms with E-state index in [9.17, 15) is 4.79 Å². The molecule has 0 aromatic rings. The number of nitrogens with two attached hydrogens (primary N) is 1. The summed E-state index contributed by atoms with van der Waals surface area (Å²) >= 11 is 3.33. The second kappa shape index (κ2) is 7.36. The Labute approximate surface area is 81.4 Å². The van der Waals surface area contributed by atoms with Crippen LogP contribution in [-0.4, -0.2) is 29.7 Å². The number of nitrogens with zero attached hydrogens (tertiary/aromatic N) is 1. The minimum Gasteiger partial charge on any atom is -0.448 e. The van der Waals surface area contributed by atoms with E-state index in [-0.39, 0.29) is 0 Å². The molecule has 0 bridgehead atoms. The number of rotatable bonds is 6. The predicted octanol–water partition coefficient (Wildman–Crippen LogP) is 1.49. The Morgan fingerprint density at radius 1 is 1.58 bits per heavy atom. The van der Waals surface area contributed by atoms with Gasteiger partial charge in [0, 0.05) is 29.2 Å². The molecular formula is C7H15BrN2O2. The van der Waals surface area contributed by atoms with Crippen molar-refractivity contribution in [3.8, 4) is 0 Å². The molecule has 0 rings (SSSR count). The first kappa shape index (κ1) is 11.7. The summed E-state index contributed by atoms with van der Waals surface area (Å²) in [5.74, 6) is 0. The maximum Gasteiger partial charge on any atom is 0.404 e. The molecule has 0 unspecified atom stereocenters. The van der Waals surface area contributed by atoms with Crippen LogP contribution in [0, 0.1) is 0 Å². The number of amides is 1. The summed E-state index contributed by atoms with van der Waals surface area (Å²) in [7, 11) is 0. The van der Waals surface area contributed by atoms with Gasteiger partial charge in [0.15, 0.2) is 0 Å². The van der Waals surface area contributed by atoms with Crippen molar-refractivity contribution in [2.45, 2.75) is 19.8 Å². The lowest BCUT2D eigenvalue weighted by Gasteiger charge is -2.12. The summed E-state index contributed by atoms with van der Waals surface area (Å²) in [6.45, 7) is 4.09. The van der Waals surface area contributed by atoms with Crippen LogP contribution in [0.5, 0.6) is 0 Å². The average Bonchev–Trinajstić information content (AvgIpc) is 2.00. The van der Waals surface area contributed by atoms with E-state index in [0.29, 0.717) is 13.2 Å². The van der Waals surface area contributed by atoms with Gasteiger partial charge in [0.05, 0.1) is 0 Å². The second-order valence-corrected chi connectivity index (χ2v) is 3.43. The first-order chi connectivity index (χ1) is 5.66. The van der Waals surface area contributed by atoms with Gasteiger partial charge in [-0.2, -0.15) is 0 Å². The lowest BCUT2D eigenvalue weighted by molar-refractivity contribution is 0.151. The fraction of sp³-hybridized carbons (Fsp3) is 0.857. The van der Waals surface area contributed by atoms with E-state index in [1.165, 1.54) is 0 Å². The molecule has 0 radical (unpaired) electrons. The zero-order valence-corrected chi connectivity index (χ0v) is 8.84. The Morgan fingerprint density at radius 3 is 2.75 bits per heavy atom. The molecule has 4 nitrogen and oxygen atoms in total. The molecule has 1 amide bonds. The highest BCUT2D eigenvalue weighted by atomic mass is 79.9. The van der Waals surface area contributed by atoms with E-state index < -0.39 is 6.09 Å². The van der Waals surface area contributed by atoms with Crippen molar-refractivity contribution >= 4 is 22.2 Å². The molecule has 0 aromatic heterocycles. The van der Waals surface area contributed by atoms with Crippen molar-refractivity contribution < 1.29 is 9.53 Å². The molecule has 0 spiro atoms. The third kappa shape index (κ3) is 7.81. The van der Waals surface area contributed by atoms with Crippen LogP contribution in [0.2, 0.25) is 0 Å². The van der Waals surface area contributed by atoms with Gasteiger partial charge in [0.25, 0.3) is 0 Å². The van der Waals surface area contributed by atoms with Gasteiger partial charge in [-0.25, -0.2) is 8.72 Å². The molecule has 0 atom stereocenters. The Morgan fingerprint density at radius 2 is 2.25 bits per heavy atom. The van der Waals surface area contributed by atoms with E-state index in [2.05, 4.69) is 27.8 Å². The van der Waals surface area contributed by atoms with Gasteiger partial charge in [-0.3, -0.25) is 0 Å². The summed E-state index contributed by atoms with van der Waals surface area (Å²) in [5.41, 5.74) is 4.78. The molecule has 0 aliphatic heterocycles. The molecule has 0 fully saturated rings. The summed E-state index contributed by atoms with van der Waals surface area (Å²) in [6.07, 6.45) is 1.56. The van der Waals surface area contributed by atoms with Gasteiger partial charge in [0.2, 0.25) is 0 Å². The van der Waals surface area contributed by atoms with Crippen LogP contribution in [0.3, 0.4) is 0 Å². The first-order valence-corrected chi connectivity index (χ1v) is 4.70. The largest absolute Gasteiger partial charge is 0.448 e. The third-order valence-corrected chi connectivity index (χ3v) is 2.04. The van der Waals surface area contributed by atoms with Crippen molar-refractivity contribution in [1.29, 1.82) is 0 Å². The van der Waals surface area contributed by atoms with Gasteiger partial charge in [-0.15, -0.1) is 0 Å². The SMILES string of the molecule is CCCCN(Br)CCOC(N)=O. The summed E-state index contributed by atoms with van der Waals surface area (Å²) in [6, 6.07) is 0. The Balaban J connectivity index is 3.19. The lowest BCUT2D eigenvalue weighted by atomic mass is 10.3. The zero-order chi connectivity index (χ0) is 9.40. The Hall–Kier alpha value is -0.290. The van der Waals surface area contributed by atoms with Crippen LogP contribution >= 0.6 is 16.1 Å². The van der Waals surface area contributed by atoms with Crippen molar-refractivity contribution in [3.63, 3.8) is 0 Å². The fourth-order valence-electron chi connectivity index (χ4n) is 0.687. The van der Waals surface area contributed by atoms with E-state index in [1.807, 2.05) is 3.93 Å². The van der Waals surface area contributed by atoms with Crippen molar-refractivity contribution in [2.75, 3.05) is 19.7 Å². The van der Waals surface area contributed by atoms with Crippen LogP contribution < -0.4 is 5.73 Å². The number of hydrogen-bond donors (Lipinski definition) is 1. The van der Waals surface area contributed by atoms with Gasteiger partial charge in [-0.05, 0) is 6.42 Å². The maximum absolute atomic E-state index is 10.2. The highest BCUT2D eigenvalue weighted by molar-refractivity contribution is 9.07. The van der Waals surface area contributed by atoms with Gasteiger partial charge >= 0.3 is 6.09 Å². The van der Waals surface area contributed by atoms with E-state index in [4.69, 9.17) is 5.73 Å². The first-order valence-electron chi connectivity index (χ1n) is 3.99. The summed E-state index contributed by atoms with van der Waals surface area (Å²) in [4.78, 5) is 10.2. The lowest BCUT2D eigenvalue weighted by Crippen LogP contribution is -2.22. The predicted molar refractivity (Wildman–Crippen MR) is 50.9 cm³/mol. The standard InChI is InChI=1S/C7H15BrN2O2/c1-2-3-4-10(8)5-6-12-7(9)11/h2-6H2,1H3,(H2,9,11). The van der Waals surface area contributed by atoms with Gasteiger partial charge in [0.1, 0.15) is 6.61 Å². The molecule has 12 heavy (non-hydrogen) atoms. The molecule has 0 aliphatic rings. The Bertz CT molecular complexity index is 133. The molecule has 0 aromatic carbocycles. The van der Waals surface area contributed by atoms with Crippen molar-refractivity contribution in [3.05, 3.63) is 0 Å². The second-order valence-electron chi connectivity index (χ2n) is 2.43. The average molecular weight is 239 g/mol. The molecular weight excluding hydrogens is 224 g/mol. The number of primary amides is 1. The smallest absolute Gasteiger partial charge is 0.404 e. The summed E-state index contributed by atoms with van der Waals surface area (Å²) < 4.78 is 6.49. The quantitative estimate of drug-likeness (QED) is 0.714. The third-order valence-electron chi connectivity index (χ3n) is 1.33. The zero-order valence-electron chi connectivity index (χ0n) is 7.25. The number of ether oxygens (including phenoxy) is 1. The number of carbonyl (C=O) groups excluding carboxylic acids is 1. The number of halogens is 1. The van der Waals surface area contributed by atoms with Crippen molar-refractivity contribution in [1.82, 2.24) is 3.93 Å². The van der Waals surface area contributed by atoms with E-state index >= 15 is 0 Å². The Kier molecular flexibility index (Phi) is 7.19. The minimum absolute atomic E-state index is 0.338. The van der Waals surface area contributed by atoms with E-state index in [0.717, 1.165) is 19.4 Å². The van der Waals surface area contributed by atoms with Crippen LogP contribution in [0.15, 0.2) is 0 Å². The maximum atomic E-state index is 10.2. The van der Waals surface area contributed by atoms with Gasteiger partial charge < -0.3 is 10.5 Å². The molecule has 0 saturated carbocycles. The molecule has 0 aliphatic carbocycles.